The van der Waals surface area contributed by atoms with Crippen molar-refractivity contribution >= 4 is 33.4 Å². The maximum atomic E-state index is 13.5. The van der Waals surface area contributed by atoms with Gasteiger partial charge in [-0.3, -0.25) is 4.79 Å². The molecule has 0 spiro atoms. The summed E-state index contributed by atoms with van der Waals surface area (Å²) in [5.74, 6) is -0.192. The molecular formula is C16H14BrClFNO3. The largest absolute Gasteiger partial charge is 0.492 e. The van der Waals surface area contributed by atoms with E-state index >= 15 is 0 Å². The quantitative estimate of drug-likeness (QED) is 0.716. The van der Waals surface area contributed by atoms with Gasteiger partial charge in [-0.15, -0.1) is 0 Å². The Bertz CT molecular complexity index is 667. The molecule has 23 heavy (non-hydrogen) atoms. The Morgan fingerprint density at radius 2 is 1.91 bits per heavy atom. The van der Waals surface area contributed by atoms with Gasteiger partial charge in [-0.05, 0) is 42.5 Å². The number of amides is 1. The molecule has 0 aliphatic heterocycles. The van der Waals surface area contributed by atoms with Crippen LogP contribution >= 0.6 is 27.5 Å². The van der Waals surface area contributed by atoms with Gasteiger partial charge in [0.2, 0.25) is 0 Å². The van der Waals surface area contributed by atoms with Crippen molar-refractivity contribution in [3.8, 4) is 11.5 Å². The second kappa shape index (κ2) is 8.74. The Labute approximate surface area is 146 Å². The Hall–Kier alpha value is -1.79. The van der Waals surface area contributed by atoms with Crippen LogP contribution in [0.15, 0.2) is 46.9 Å². The van der Waals surface area contributed by atoms with Crippen LogP contribution in [0, 0.1) is 5.82 Å². The van der Waals surface area contributed by atoms with Crippen molar-refractivity contribution in [3.63, 3.8) is 0 Å². The average Bonchev–Trinajstić information content (AvgIpc) is 2.52. The van der Waals surface area contributed by atoms with E-state index in [4.69, 9.17) is 21.1 Å². The summed E-state index contributed by atoms with van der Waals surface area (Å²) in [5.41, 5.74) is 0. The van der Waals surface area contributed by atoms with Crippen LogP contribution in [0.5, 0.6) is 11.5 Å². The maximum Gasteiger partial charge on any atom is 0.258 e. The summed E-state index contributed by atoms with van der Waals surface area (Å²) >= 11 is 8.91. The number of carbonyl (C=O) groups is 1. The molecule has 2 rings (SSSR count). The smallest absolute Gasteiger partial charge is 0.258 e. The summed E-state index contributed by atoms with van der Waals surface area (Å²) in [7, 11) is 0. The highest BCUT2D eigenvalue weighted by molar-refractivity contribution is 9.10. The van der Waals surface area contributed by atoms with Crippen LogP contribution in [-0.2, 0) is 4.79 Å². The normalized spacial score (nSPS) is 10.2. The van der Waals surface area contributed by atoms with Crippen molar-refractivity contribution in [1.29, 1.82) is 0 Å². The zero-order valence-electron chi connectivity index (χ0n) is 12.0. The van der Waals surface area contributed by atoms with Gasteiger partial charge in [0.05, 0.1) is 6.54 Å². The van der Waals surface area contributed by atoms with Crippen LogP contribution in [0.25, 0.3) is 0 Å². The molecule has 0 aromatic heterocycles. The molecule has 1 amide bonds. The molecule has 7 heteroatoms. The Morgan fingerprint density at radius 1 is 1.17 bits per heavy atom. The van der Waals surface area contributed by atoms with Gasteiger partial charge < -0.3 is 14.8 Å². The first-order valence-corrected chi connectivity index (χ1v) is 7.94. The average molecular weight is 403 g/mol. The Kier molecular flexibility index (Phi) is 6.67. The fourth-order valence-electron chi connectivity index (χ4n) is 1.68. The molecule has 0 saturated carbocycles. The highest BCUT2D eigenvalue weighted by atomic mass is 79.9. The molecule has 0 unspecified atom stereocenters. The maximum absolute atomic E-state index is 13.5. The van der Waals surface area contributed by atoms with Gasteiger partial charge in [0, 0.05) is 9.50 Å². The van der Waals surface area contributed by atoms with Gasteiger partial charge in [0.15, 0.2) is 18.2 Å². The highest BCUT2D eigenvalue weighted by Gasteiger charge is 2.07. The zero-order chi connectivity index (χ0) is 16.7. The molecule has 0 saturated heterocycles. The lowest BCUT2D eigenvalue weighted by molar-refractivity contribution is -0.123. The molecule has 1 N–H and O–H groups in total. The fraction of sp³-hybridized carbons (Fsp3) is 0.188. The van der Waals surface area contributed by atoms with Crippen LogP contribution in [0.4, 0.5) is 4.39 Å². The van der Waals surface area contributed by atoms with Gasteiger partial charge >= 0.3 is 0 Å². The third kappa shape index (κ3) is 6.08. The lowest BCUT2D eigenvalue weighted by Crippen LogP contribution is -2.32. The summed E-state index contributed by atoms with van der Waals surface area (Å²) in [6.07, 6.45) is 0. The van der Waals surface area contributed by atoms with Crippen molar-refractivity contribution in [2.75, 3.05) is 19.8 Å². The number of ether oxygens (including phenoxy) is 2. The number of nitrogens with one attached hydrogen (secondary N) is 1. The van der Waals surface area contributed by atoms with Gasteiger partial charge in [-0.2, -0.15) is 0 Å². The SMILES string of the molecule is O=C(COc1ccc(Br)cc1F)NCCOc1ccc(Cl)cc1. The monoisotopic (exact) mass is 401 g/mol. The first-order valence-electron chi connectivity index (χ1n) is 6.77. The number of halogens is 3. The van der Waals surface area contributed by atoms with Crippen LogP contribution in [0.1, 0.15) is 0 Å². The van der Waals surface area contributed by atoms with E-state index < -0.39 is 5.82 Å². The summed E-state index contributed by atoms with van der Waals surface area (Å²) in [6.45, 7) is 0.354. The number of hydrogen-bond donors (Lipinski definition) is 1. The molecular weight excluding hydrogens is 389 g/mol. The number of carbonyl (C=O) groups excluding carboxylic acids is 1. The second-order valence-corrected chi connectivity index (χ2v) is 5.87. The summed E-state index contributed by atoms with van der Waals surface area (Å²) in [5, 5.41) is 3.25. The van der Waals surface area contributed by atoms with E-state index in [1.165, 1.54) is 12.1 Å². The van der Waals surface area contributed by atoms with Gasteiger partial charge in [-0.1, -0.05) is 27.5 Å². The van der Waals surface area contributed by atoms with Crippen molar-refractivity contribution in [1.82, 2.24) is 5.32 Å². The van der Waals surface area contributed by atoms with Crippen molar-refractivity contribution < 1.29 is 18.7 Å². The standard InChI is InChI=1S/C16H14BrClFNO3/c17-11-1-6-15(14(19)9-11)23-10-16(21)20-7-8-22-13-4-2-12(18)3-5-13/h1-6,9H,7-8,10H2,(H,20,21). The highest BCUT2D eigenvalue weighted by Crippen LogP contribution is 2.21. The lowest BCUT2D eigenvalue weighted by Gasteiger charge is -2.09. The minimum Gasteiger partial charge on any atom is -0.492 e. The molecule has 122 valence electrons. The molecule has 2 aromatic rings. The van der Waals surface area contributed by atoms with Crippen molar-refractivity contribution in [3.05, 3.63) is 57.8 Å². The van der Waals surface area contributed by atoms with E-state index in [0.717, 1.165) is 0 Å². The summed E-state index contributed by atoms with van der Waals surface area (Å²) in [6, 6.07) is 11.3. The molecule has 0 aliphatic rings. The molecule has 2 aromatic carbocycles. The van der Waals surface area contributed by atoms with E-state index in [-0.39, 0.29) is 18.3 Å². The van der Waals surface area contributed by atoms with Crippen LogP contribution in [0.3, 0.4) is 0 Å². The molecule has 0 fully saturated rings. The number of rotatable bonds is 7. The van der Waals surface area contributed by atoms with Gasteiger partial charge in [0.25, 0.3) is 5.91 Å². The fourth-order valence-corrected chi connectivity index (χ4v) is 2.14. The van der Waals surface area contributed by atoms with Crippen LogP contribution < -0.4 is 14.8 Å². The Morgan fingerprint density at radius 3 is 2.61 bits per heavy atom. The predicted molar refractivity (Wildman–Crippen MR) is 89.6 cm³/mol. The number of benzene rings is 2. The molecule has 4 nitrogen and oxygen atoms in total. The zero-order valence-corrected chi connectivity index (χ0v) is 14.4. The third-order valence-electron chi connectivity index (χ3n) is 2.76. The first kappa shape index (κ1) is 17.6. The van der Waals surface area contributed by atoms with Gasteiger partial charge in [0.1, 0.15) is 12.4 Å². The summed E-state index contributed by atoms with van der Waals surface area (Å²) in [4.78, 5) is 11.6. The van der Waals surface area contributed by atoms with Crippen molar-refractivity contribution in [2.45, 2.75) is 0 Å². The van der Waals surface area contributed by atoms with E-state index in [9.17, 15) is 9.18 Å². The molecule has 0 heterocycles. The van der Waals surface area contributed by atoms with Gasteiger partial charge in [-0.25, -0.2) is 4.39 Å². The first-order chi connectivity index (χ1) is 11.0. The topological polar surface area (TPSA) is 47.6 Å². The third-order valence-corrected chi connectivity index (χ3v) is 3.50. The predicted octanol–water partition coefficient (Wildman–Crippen LogP) is 3.82. The minimum atomic E-state index is -0.529. The summed E-state index contributed by atoms with van der Waals surface area (Å²) < 4.78 is 24.7. The van der Waals surface area contributed by atoms with Crippen LogP contribution in [-0.4, -0.2) is 25.7 Å². The molecule has 0 bridgehead atoms. The molecule has 0 aliphatic carbocycles. The minimum absolute atomic E-state index is 0.0285. The Balaban J connectivity index is 1.66. The van der Waals surface area contributed by atoms with E-state index in [2.05, 4.69) is 21.2 Å². The molecule has 0 atom stereocenters. The van der Waals surface area contributed by atoms with E-state index in [1.54, 1.807) is 30.3 Å². The van der Waals surface area contributed by atoms with E-state index in [1.807, 2.05) is 0 Å². The van der Waals surface area contributed by atoms with Crippen LogP contribution in [0.2, 0.25) is 5.02 Å². The van der Waals surface area contributed by atoms with E-state index in [0.29, 0.717) is 28.4 Å². The lowest BCUT2D eigenvalue weighted by atomic mass is 10.3. The van der Waals surface area contributed by atoms with Crippen molar-refractivity contribution in [2.24, 2.45) is 0 Å². The number of hydrogen-bond acceptors (Lipinski definition) is 3. The second-order valence-electron chi connectivity index (χ2n) is 4.52. The molecule has 0 radical (unpaired) electrons.